The lowest BCUT2D eigenvalue weighted by molar-refractivity contribution is -0.140. The molecule has 2 heterocycles. The first kappa shape index (κ1) is 28.5. The maximum Gasteiger partial charge on any atom is 0.271 e. The van der Waals surface area contributed by atoms with Gasteiger partial charge in [-0.1, -0.05) is 37.3 Å². The molecule has 1 aliphatic heterocycles. The minimum absolute atomic E-state index is 0.0393. The maximum atomic E-state index is 13.6. The Morgan fingerprint density at radius 1 is 1.05 bits per heavy atom. The van der Waals surface area contributed by atoms with Gasteiger partial charge in [0.2, 0.25) is 0 Å². The Kier molecular flexibility index (Phi) is 9.31. The number of imide groups is 1. The molecule has 4 rings (SSSR count). The topological polar surface area (TPSA) is 97.4 Å². The Balaban J connectivity index is 1.79. The summed E-state index contributed by atoms with van der Waals surface area (Å²) in [4.78, 5) is 27.8. The molecule has 0 unspecified atom stereocenters. The van der Waals surface area contributed by atoms with Gasteiger partial charge in [-0.3, -0.25) is 14.5 Å². The van der Waals surface area contributed by atoms with Gasteiger partial charge < -0.3 is 9.47 Å². The van der Waals surface area contributed by atoms with Gasteiger partial charge in [0.05, 0.1) is 18.4 Å². The van der Waals surface area contributed by atoms with Gasteiger partial charge in [0, 0.05) is 36.0 Å². The number of benzene rings is 2. The van der Waals surface area contributed by atoms with Crippen molar-refractivity contribution >= 4 is 17.9 Å². The van der Waals surface area contributed by atoms with Crippen molar-refractivity contribution in [1.29, 1.82) is 5.26 Å². The van der Waals surface area contributed by atoms with Gasteiger partial charge in [-0.25, -0.2) is 4.68 Å². The van der Waals surface area contributed by atoms with E-state index in [1.165, 1.54) is 0 Å². The number of amides is 2. The summed E-state index contributed by atoms with van der Waals surface area (Å²) >= 11 is 0. The molecule has 40 heavy (non-hydrogen) atoms. The number of hydrogen-bond acceptors (Lipinski definition) is 6. The summed E-state index contributed by atoms with van der Waals surface area (Å²) in [5.74, 6) is -0.290. The van der Waals surface area contributed by atoms with E-state index < -0.39 is 11.8 Å². The van der Waals surface area contributed by atoms with Crippen molar-refractivity contribution in [3.8, 4) is 28.8 Å². The highest BCUT2D eigenvalue weighted by Gasteiger charge is 2.35. The lowest BCUT2D eigenvalue weighted by Gasteiger charge is -2.27. The van der Waals surface area contributed by atoms with E-state index in [2.05, 4.69) is 0 Å². The molecule has 2 amide bonds. The second-order valence-electron chi connectivity index (χ2n) is 9.79. The molecule has 3 aromatic rings. The third-order valence-corrected chi connectivity index (χ3v) is 6.45. The number of nitrogens with zero attached hydrogens (tertiary/aromatic N) is 4. The second kappa shape index (κ2) is 13.0. The first-order chi connectivity index (χ1) is 19.3. The van der Waals surface area contributed by atoms with E-state index in [4.69, 9.17) is 14.6 Å². The van der Waals surface area contributed by atoms with Crippen LogP contribution in [0.3, 0.4) is 0 Å². The minimum Gasteiger partial charge on any atom is -0.494 e. The Bertz CT molecular complexity index is 1480. The summed E-state index contributed by atoms with van der Waals surface area (Å²) in [7, 11) is 0. The van der Waals surface area contributed by atoms with Crippen LogP contribution in [0.4, 0.5) is 0 Å². The first-order valence-corrected chi connectivity index (χ1v) is 13.5. The van der Waals surface area contributed by atoms with Crippen LogP contribution in [-0.2, 0) is 14.3 Å². The molecule has 0 atom stereocenters. The van der Waals surface area contributed by atoms with E-state index in [-0.39, 0.29) is 23.8 Å². The number of hydrogen-bond donors (Lipinski definition) is 0. The Hall–Kier alpha value is -4.48. The molecule has 1 aliphatic rings. The zero-order valence-corrected chi connectivity index (χ0v) is 23.4. The normalized spacial score (nSPS) is 14.8. The number of carbonyl (C=O) groups is 2. The van der Waals surface area contributed by atoms with Crippen LogP contribution in [0.25, 0.3) is 23.0 Å². The smallest absolute Gasteiger partial charge is 0.271 e. The summed E-state index contributed by atoms with van der Waals surface area (Å²) in [5.41, 5.74) is 3.59. The van der Waals surface area contributed by atoms with Crippen LogP contribution in [0.15, 0.2) is 77.5 Å². The van der Waals surface area contributed by atoms with Crippen LogP contribution in [-0.4, -0.2) is 52.4 Å². The molecule has 0 saturated heterocycles. The second-order valence-corrected chi connectivity index (χ2v) is 9.79. The maximum absolute atomic E-state index is 13.6. The van der Waals surface area contributed by atoms with Gasteiger partial charge >= 0.3 is 0 Å². The van der Waals surface area contributed by atoms with Crippen LogP contribution in [0.1, 0.15) is 46.1 Å². The van der Waals surface area contributed by atoms with Gasteiger partial charge in [-0.15, -0.1) is 0 Å². The highest BCUT2D eigenvalue weighted by atomic mass is 16.5. The largest absolute Gasteiger partial charge is 0.494 e. The lowest BCUT2D eigenvalue weighted by atomic mass is 9.93. The number of nitriles is 1. The van der Waals surface area contributed by atoms with Crippen LogP contribution in [0.5, 0.6) is 5.75 Å². The molecule has 0 spiro atoms. The van der Waals surface area contributed by atoms with Crippen molar-refractivity contribution < 1.29 is 19.1 Å². The summed E-state index contributed by atoms with van der Waals surface area (Å²) in [5, 5.41) is 14.7. The molecular formula is C32H34N4O4. The molecule has 0 fully saturated rings. The van der Waals surface area contributed by atoms with Crippen molar-refractivity contribution in [3.05, 3.63) is 83.1 Å². The van der Waals surface area contributed by atoms with Crippen molar-refractivity contribution in [1.82, 2.24) is 14.7 Å². The highest BCUT2D eigenvalue weighted by Crippen LogP contribution is 2.32. The summed E-state index contributed by atoms with van der Waals surface area (Å²) in [6, 6.07) is 19.3. The fraction of sp³-hybridized carbons (Fsp3) is 0.312. The molecule has 0 saturated carbocycles. The van der Waals surface area contributed by atoms with Crippen LogP contribution in [0.2, 0.25) is 0 Å². The molecular weight excluding hydrogens is 504 g/mol. The molecule has 2 aromatic carbocycles. The first-order valence-electron chi connectivity index (χ1n) is 13.5. The molecule has 8 heteroatoms. The van der Waals surface area contributed by atoms with Crippen LogP contribution < -0.4 is 4.74 Å². The van der Waals surface area contributed by atoms with Gasteiger partial charge in [-0.2, -0.15) is 10.4 Å². The highest BCUT2D eigenvalue weighted by molar-refractivity contribution is 6.19. The van der Waals surface area contributed by atoms with Crippen LogP contribution in [0, 0.1) is 11.3 Å². The molecule has 206 valence electrons. The zero-order valence-electron chi connectivity index (χ0n) is 23.4. The monoisotopic (exact) mass is 538 g/mol. The fourth-order valence-corrected chi connectivity index (χ4v) is 4.41. The van der Waals surface area contributed by atoms with Crippen molar-refractivity contribution in [3.63, 3.8) is 0 Å². The Labute approximate surface area is 235 Å². The molecule has 0 radical (unpaired) electrons. The van der Waals surface area contributed by atoms with E-state index in [1.807, 2.05) is 87.6 Å². The number of ether oxygens (including phenoxy) is 2. The third kappa shape index (κ3) is 6.38. The molecule has 0 N–H and O–H groups in total. The third-order valence-electron chi connectivity index (χ3n) is 6.45. The van der Waals surface area contributed by atoms with Crippen molar-refractivity contribution in [2.75, 3.05) is 19.8 Å². The van der Waals surface area contributed by atoms with E-state index in [1.54, 1.807) is 17.7 Å². The molecule has 0 aliphatic carbocycles. The van der Waals surface area contributed by atoms with Crippen LogP contribution >= 0.6 is 0 Å². The Morgan fingerprint density at radius 2 is 1.82 bits per heavy atom. The predicted molar refractivity (Wildman–Crippen MR) is 154 cm³/mol. The van der Waals surface area contributed by atoms with E-state index in [0.717, 1.165) is 28.3 Å². The van der Waals surface area contributed by atoms with E-state index >= 15 is 0 Å². The number of carbonyl (C=O) groups excluding carboxylic acids is 2. The van der Waals surface area contributed by atoms with Crippen molar-refractivity contribution in [2.45, 2.75) is 46.6 Å². The fourth-order valence-electron chi connectivity index (χ4n) is 4.41. The number of para-hydroxylation sites is 1. The van der Waals surface area contributed by atoms with Gasteiger partial charge in [-0.05, 0) is 69.5 Å². The lowest BCUT2D eigenvalue weighted by Crippen LogP contribution is -2.43. The molecule has 8 nitrogen and oxygen atoms in total. The van der Waals surface area contributed by atoms with E-state index in [0.29, 0.717) is 36.5 Å². The Morgan fingerprint density at radius 3 is 2.52 bits per heavy atom. The quantitative estimate of drug-likeness (QED) is 0.176. The summed E-state index contributed by atoms with van der Waals surface area (Å²) in [6.45, 7) is 8.71. The molecule has 0 bridgehead atoms. The summed E-state index contributed by atoms with van der Waals surface area (Å²) in [6.07, 6.45) is 4.98. The zero-order chi connectivity index (χ0) is 28.6. The molecule has 1 aromatic heterocycles. The van der Waals surface area contributed by atoms with E-state index in [9.17, 15) is 14.9 Å². The summed E-state index contributed by atoms with van der Waals surface area (Å²) < 4.78 is 13.2. The van der Waals surface area contributed by atoms with Gasteiger partial charge in [0.25, 0.3) is 11.8 Å². The number of rotatable bonds is 11. The average Bonchev–Trinajstić information content (AvgIpc) is 3.38. The van der Waals surface area contributed by atoms with Gasteiger partial charge in [0.1, 0.15) is 23.1 Å². The SMILES string of the molecule is CCCOc1cccc(-c2nn(-c3ccccc3)cc2/C=C2/C(=O)N(CCCOC(C)C)C(=O)C(C#N)=C2C)c1. The standard InChI is InChI=1S/C32H34N4O4/c1-5-16-40-27-14-9-11-24(18-27)30-25(21-36(34-30)26-12-7-6-8-13-26)19-28-23(4)29(20-33)32(38)35(31(28)37)15-10-17-39-22(2)3/h6-9,11-14,18-19,21-22H,5,10,15-17H2,1-4H3/b28-19+. The average molecular weight is 539 g/mol. The van der Waals surface area contributed by atoms with Gasteiger partial charge in [0.15, 0.2) is 0 Å². The minimum atomic E-state index is -0.576. The van der Waals surface area contributed by atoms with Crippen molar-refractivity contribution in [2.24, 2.45) is 0 Å². The number of aromatic nitrogens is 2. The predicted octanol–water partition coefficient (Wildman–Crippen LogP) is 5.74.